The normalized spacial score (nSPS) is 15.2. The maximum Gasteiger partial charge on any atom is 0.242 e. The van der Waals surface area contributed by atoms with Crippen LogP contribution in [0.3, 0.4) is 0 Å². The predicted molar refractivity (Wildman–Crippen MR) is 129 cm³/mol. The molecule has 0 radical (unpaired) electrons. The van der Waals surface area contributed by atoms with E-state index in [1.165, 1.54) is 29.1 Å². The van der Waals surface area contributed by atoms with Gasteiger partial charge in [-0.15, -0.1) is 11.8 Å². The third-order valence-electron chi connectivity index (χ3n) is 5.86. The first-order valence-electron chi connectivity index (χ1n) is 11.1. The highest BCUT2D eigenvalue weighted by molar-refractivity contribution is 7.99. The Morgan fingerprint density at radius 3 is 2.44 bits per heavy atom. The predicted octanol–water partition coefficient (Wildman–Crippen LogP) is 5.58. The number of nitrogens with one attached hydrogen (secondary N) is 1. The highest BCUT2D eigenvalue weighted by Crippen LogP contribution is 2.22. The van der Waals surface area contributed by atoms with Crippen LogP contribution in [0.15, 0.2) is 48.5 Å². The van der Waals surface area contributed by atoms with Gasteiger partial charge in [0.15, 0.2) is 0 Å². The van der Waals surface area contributed by atoms with E-state index < -0.39 is 6.04 Å². The average Bonchev–Trinajstić information content (AvgIpc) is 2.80. The zero-order valence-corrected chi connectivity index (χ0v) is 19.9. The summed E-state index contributed by atoms with van der Waals surface area (Å²) in [5, 5.41) is 3.76. The molecule has 2 aromatic carbocycles. The van der Waals surface area contributed by atoms with Crippen molar-refractivity contribution >= 4 is 35.2 Å². The summed E-state index contributed by atoms with van der Waals surface area (Å²) in [6, 6.07) is 13.4. The molecule has 1 unspecified atom stereocenters. The Labute approximate surface area is 198 Å². The lowest BCUT2D eigenvalue weighted by molar-refractivity contribution is -0.139. The fraction of sp³-hybridized carbons (Fsp3) is 0.440. The van der Waals surface area contributed by atoms with E-state index in [0.717, 1.165) is 31.2 Å². The first kappa shape index (κ1) is 24.6. The fourth-order valence-corrected chi connectivity index (χ4v) is 5.10. The molecule has 3 rings (SSSR count). The summed E-state index contributed by atoms with van der Waals surface area (Å²) in [4.78, 5) is 27.6. The first-order chi connectivity index (χ1) is 15.5. The van der Waals surface area contributed by atoms with Gasteiger partial charge in [-0.25, -0.2) is 4.39 Å². The molecule has 1 saturated carbocycles. The van der Waals surface area contributed by atoms with Gasteiger partial charge in [-0.3, -0.25) is 9.59 Å². The van der Waals surface area contributed by atoms with Gasteiger partial charge in [-0.1, -0.05) is 67.3 Å². The van der Waals surface area contributed by atoms with Crippen LogP contribution in [0.5, 0.6) is 0 Å². The summed E-state index contributed by atoms with van der Waals surface area (Å²) in [6.07, 6.45) is 5.34. The van der Waals surface area contributed by atoms with Gasteiger partial charge in [-0.2, -0.15) is 0 Å². The Morgan fingerprint density at radius 2 is 1.75 bits per heavy atom. The van der Waals surface area contributed by atoms with E-state index in [2.05, 4.69) is 5.32 Å². The molecular weight excluding hydrogens is 447 g/mol. The molecule has 1 fully saturated rings. The highest BCUT2D eigenvalue weighted by atomic mass is 35.5. The summed E-state index contributed by atoms with van der Waals surface area (Å²) in [6.45, 7) is 1.77. The van der Waals surface area contributed by atoms with E-state index in [1.54, 1.807) is 25.1 Å². The summed E-state index contributed by atoms with van der Waals surface area (Å²) in [5.74, 6) is 0.00527. The number of hydrogen-bond acceptors (Lipinski definition) is 3. The second kappa shape index (κ2) is 12.3. The Kier molecular flexibility index (Phi) is 9.42. The van der Waals surface area contributed by atoms with Gasteiger partial charge in [0.1, 0.15) is 11.9 Å². The Morgan fingerprint density at radius 1 is 1.09 bits per heavy atom. The van der Waals surface area contributed by atoms with Crippen molar-refractivity contribution in [3.63, 3.8) is 0 Å². The van der Waals surface area contributed by atoms with Gasteiger partial charge >= 0.3 is 0 Å². The summed E-state index contributed by atoms with van der Waals surface area (Å²) >= 11 is 7.64. The lowest BCUT2D eigenvalue weighted by Gasteiger charge is -2.31. The van der Waals surface area contributed by atoms with Crippen molar-refractivity contribution in [3.05, 3.63) is 70.5 Å². The van der Waals surface area contributed by atoms with Crippen molar-refractivity contribution in [2.45, 2.75) is 63.4 Å². The van der Waals surface area contributed by atoms with Crippen LogP contribution in [0.25, 0.3) is 0 Å². The van der Waals surface area contributed by atoms with E-state index in [4.69, 9.17) is 11.6 Å². The average molecular weight is 477 g/mol. The SMILES string of the molecule is CC(C(=O)NC1CCCCC1)N(Cc1ccccc1F)C(=O)CSCc1ccccc1Cl. The molecule has 7 heteroatoms. The fourth-order valence-electron chi connectivity index (χ4n) is 3.91. The van der Waals surface area contributed by atoms with E-state index in [1.807, 2.05) is 24.3 Å². The number of benzene rings is 2. The molecule has 1 atom stereocenters. The minimum atomic E-state index is -0.690. The molecule has 0 heterocycles. The number of thioether (sulfide) groups is 1. The molecule has 0 aromatic heterocycles. The van der Waals surface area contributed by atoms with Crippen LogP contribution in [-0.2, 0) is 21.9 Å². The molecule has 2 aromatic rings. The summed E-state index contributed by atoms with van der Waals surface area (Å²) in [7, 11) is 0. The maximum atomic E-state index is 14.3. The number of hydrogen-bond donors (Lipinski definition) is 1. The van der Waals surface area contributed by atoms with Crippen LogP contribution in [0.2, 0.25) is 5.02 Å². The van der Waals surface area contributed by atoms with Gasteiger partial charge in [0.05, 0.1) is 5.75 Å². The zero-order valence-electron chi connectivity index (χ0n) is 18.4. The maximum absolute atomic E-state index is 14.3. The molecule has 0 aliphatic heterocycles. The first-order valence-corrected chi connectivity index (χ1v) is 12.6. The number of halogens is 2. The van der Waals surface area contributed by atoms with Crippen molar-refractivity contribution < 1.29 is 14.0 Å². The number of nitrogens with zero attached hydrogens (tertiary/aromatic N) is 1. The van der Waals surface area contributed by atoms with Gasteiger partial charge in [0.2, 0.25) is 11.8 Å². The molecule has 0 bridgehead atoms. The van der Waals surface area contributed by atoms with E-state index >= 15 is 0 Å². The molecule has 0 saturated heterocycles. The van der Waals surface area contributed by atoms with Gasteiger partial charge in [0.25, 0.3) is 0 Å². The van der Waals surface area contributed by atoms with Crippen LogP contribution in [0.4, 0.5) is 4.39 Å². The molecular formula is C25H30ClFN2O2S. The minimum absolute atomic E-state index is 0.0530. The molecule has 2 amide bonds. The minimum Gasteiger partial charge on any atom is -0.352 e. The quantitative estimate of drug-likeness (QED) is 0.514. The molecule has 4 nitrogen and oxygen atoms in total. The van der Waals surface area contributed by atoms with Crippen LogP contribution in [0.1, 0.15) is 50.2 Å². The smallest absolute Gasteiger partial charge is 0.242 e. The second-order valence-corrected chi connectivity index (χ2v) is 9.61. The molecule has 32 heavy (non-hydrogen) atoms. The van der Waals surface area contributed by atoms with Crippen LogP contribution >= 0.6 is 23.4 Å². The molecule has 1 aliphatic carbocycles. The number of carbonyl (C=O) groups excluding carboxylic acids is 2. The zero-order chi connectivity index (χ0) is 22.9. The molecule has 0 spiro atoms. The monoisotopic (exact) mass is 476 g/mol. The molecule has 1 N–H and O–H groups in total. The Hall–Kier alpha value is -2.05. The van der Waals surface area contributed by atoms with E-state index in [-0.39, 0.29) is 36.0 Å². The number of carbonyl (C=O) groups is 2. The second-order valence-electron chi connectivity index (χ2n) is 8.22. The third kappa shape index (κ3) is 6.97. The number of amides is 2. The van der Waals surface area contributed by atoms with Crippen molar-refractivity contribution in [1.82, 2.24) is 10.2 Å². The van der Waals surface area contributed by atoms with Crippen LogP contribution in [-0.4, -0.2) is 34.6 Å². The lowest BCUT2D eigenvalue weighted by Crippen LogP contribution is -2.51. The van der Waals surface area contributed by atoms with Crippen molar-refractivity contribution in [2.24, 2.45) is 0 Å². The standard InChI is InChI=1S/C25H30ClFN2O2S/c1-18(25(31)28-21-11-3-2-4-12-21)29(15-19-9-6-8-14-23(19)27)24(30)17-32-16-20-10-5-7-13-22(20)26/h5-10,13-14,18,21H,2-4,11-12,15-17H2,1H3,(H,28,31). The largest absolute Gasteiger partial charge is 0.352 e. The van der Waals surface area contributed by atoms with Gasteiger partial charge in [-0.05, 0) is 37.5 Å². The Balaban J connectivity index is 1.67. The molecule has 1 aliphatic rings. The van der Waals surface area contributed by atoms with Gasteiger partial charge in [0, 0.05) is 28.9 Å². The molecule has 172 valence electrons. The van der Waals surface area contributed by atoms with Gasteiger partial charge < -0.3 is 10.2 Å². The van der Waals surface area contributed by atoms with Crippen molar-refractivity contribution in [3.8, 4) is 0 Å². The van der Waals surface area contributed by atoms with Crippen molar-refractivity contribution in [2.75, 3.05) is 5.75 Å². The highest BCUT2D eigenvalue weighted by Gasteiger charge is 2.28. The van der Waals surface area contributed by atoms with Crippen LogP contribution < -0.4 is 5.32 Å². The number of rotatable bonds is 9. The van der Waals surface area contributed by atoms with E-state index in [0.29, 0.717) is 16.3 Å². The lowest BCUT2D eigenvalue weighted by atomic mass is 9.95. The third-order valence-corrected chi connectivity index (χ3v) is 7.19. The van der Waals surface area contributed by atoms with Crippen molar-refractivity contribution in [1.29, 1.82) is 0 Å². The topological polar surface area (TPSA) is 49.4 Å². The summed E-state index contributed by atoms with van der Waals surface area (Å²) < 4.78 is 14.3. The van der Waals surface area contributed by atoms with Crippen LogP contribution in [0, 0.1) is 5.82 Å². The summed E-state index contributed by atoms with van der Waals surface area (Å²) in [5.41, 5.74) is 1.35. The van der Waals surface area contributed by atoms with E-state index in [9.17, 15) is 14.0 Å². The Bertz CT molecular complexity index is 920.